The van der Waals surface area contributed by atoms with Crippen molar-refractivity contribution in [2.24, 2.45) is 0 Å². The number of benzene rings is 1. The van der Waals surface area contributed by atoms with Crippen molar-refractivity contribution in [1.29, 1.82) is 0 Å². The molecule has 0 aliphatic rings. The van der Waals surface area contributed by atoms with Gasteiger partial charge in [-0.1, -0.05) is 36.7 Å². The summed E-state index contributed by atoms with van der Waals surface area (Å²) in [6.45, 7) is 3.34. The van der Waals surface area contributed by atoms with Crippen molar-refractivity contribution in [3.05, 3.63) is 40.9 Å². The van der Waals surface area contributed by atoms with E-state index in [1.807, 2.05) is 6.92 Å². The lowest BCUT2D eigenvalue weighted by molar-refractivity contribution is -0.130. The number of allylic oxidation sites excluding steroid dienone is 1. The van der Waals surface area contributed by atoms with E-state index in [1.165, 1.54) is 6.92 Å². The van der Waals surface area contributed by atoms with Gasteiger partial charge in [0.2, 0.25) is 0 Å². The first-order valence-corrected chi connectivity index (χ1v) is 5.53. The Kier molecular flexibility index (Phi) is 7.72. The molecule has 92 valence electrons. The van der Waals surface area contributed by atoms with Crippen LogP contribution in [0.4, 0.5) is 0 Å². The van der Waals surface area contributed by atoms with Crippen LogP contribution in [0.25, 0.3) is 5.57 Å². The SMILES string of the molecule is CC=O.CCC=C(C(=O)O)c1cccc(Cl)c1. The number of carbonyl (C=O) groups is 2. The van der Waals surface area contributed by atoms with E-state index in [1.54, 1.807) is 30.3 Å². The molecule has 0 aromatic heterocycles. The highest BCUT2D eigenvalue weighted by atomic mass is 35.5. The molecule has 1 N–H and O–H groups in total. The van der Waals surface area contributed by atoms with Crippen LogP contribution in [0.1, 0.15) is 25.8 Å². The largest absolute Gasteiger partial charge is 0.478 e. The number of aliphatic carboxylic acids is 1. The van der Waals surface area contributed by atoms with Gasteiger partial charge in [-0.2, -0.15) is 0 Å². The highest BCUT2D eigenvalue weighted by molar-refractivity contribution is 6.31. The summed E-state index contributed by atoms with van der Waals surface area (Å²) in [5.41, 5.74) is 0.946. The Morgan fingerprint density at radius 1 is 1.47 bits per heavy atom. The molecule has 0 saturated heterocycles. The van der Waals surface area contributed by atoms with Crippen molar-refractivity contribution >= 4 is 29.4 Å². The van der Waals surface area contributed by atoms with Gasteiger partial charge >= 0.3 is 5.97 Å². The molecule has 0 bridgehead atoms. The van der Waals surface area contributed by atoms with Gasteiger partial charge < -0.3 is 9.90 Å². The van der Waals surface area contributed by atoms with Crippen molar-refractivity contribution < 1.29 is 14.7 Å². The summed E-state index contributed by atoms with van der Waals surface area (Å²) in [5, 5.41) is 9.48. The van der Waals surface area contributed by atoms with Gasteiger partial charge in [0, 0.05) is 5.02 Å². The molecule has 0 heterocycles. The molecule has 1 rings (SSSR count). The normalized spacial score (nSPS) is 10.2. The highest BCUT2D eigenvalue weighted by Gasteiger charge is 2.09. The van der Waals surface area contributed by atoms with Gasteiger partial charge in [0.25, 0.3) is 0 Å². The van der Waals surface area contributed by atoms with Gasteiger partial charge in [-0.3, -0.25) is 0 Å². The molecule has 17 heavy (non-hydrogen) atoms. The number of carbonyl (C=O) groups excluding carboxylic acids is 1. The standard InChI is InChI=1S/C11H11ClO2.C2H4O/c1-2-4-10(11(13)14)8-5-3-6-9(12)7-8;1-2-3/h3-7H,2H2,1H3,(H,13,14);2H,1H3. The number of hydrogen-bond donors (Lipinski definition) is 1. The minimum absolute atomic E-state index is 0.301. The molecular formula is C13H15ClO3. The molecule has 0 spiro atoms. The van der Waals surface area contributed by atoms with E-state index in [0.717, 1.165) is 6.29 Å². The molecule has 0 aliphatic carbocycles. The Morgan fingerprint density at radius 3 is 2.47 bits per heavy atom. The first-order chi connectivity index (χ1) is 8.06. The van der Waals surface area contributed by atoms with Crippen LogP contribution >= 0.6 is 11.6 Å². The topological polar surface area (TPSA) is 54.4 Å². The molecule has 1 aromatic carbocycles. The van der Waals surface area contributed by atoms with Crippen molar-refractivity contribution in [2.75, 3.05) is 0 Å². The van der Waals surface area contributed by atoms with E-state index in [9.17, 15) is 4.79 Å². The van der Waals surface area contributed by atoms with Gasteiger partial charge in [0.1, 0.15) is 6.29 Å². The van der Waals surface area contributed by atoms with E-state index in [0.29, 0.717) is 22.6 Å². The monoisotopic (exact) mass is 254 g/mol. The average molecular weight is 255 g/mol. The molecule has 0 aliphatic heterocycles. The zero-order valence-electron chi connectivity index (χ0n) is 9.81. The summed E-state index contributed by atoms with van der Waals surface area (Å²) < 4.78 is 0. The molecule has 1 aromatic rings. The van der Waals surface area contributed by atoms with Crippen LogP contribution in [0.2, 0.25) is 5.02 Å². The van der Waals surface area contributed by atoms with Crippen LogP contribution in [-0.4, -0.2) is 17.4 Å². The molecule has 3 nitrogen and oxygen atoms in total. The zero-order chi connectivity index (χ0) is 13.3. The fourth-order valence-corrected chi connectivity index (χ4v) is 1.38. The summed E-state index contributed by atoms with van der Waals surface area (Å²) >= 11 is 5.77. The minimum Gasteiger partial charge on any atom is -0.478 e. The van der Waals surface area contributed by atoms with Crippen LogP contribution in [0.5, 0.6) is 0 Å². The number of carboxylic acids is 1. The van der Waals surface area contributed by atoms with Crippen LogP contribution in [0.15, 0.2) is 30.3 Å². The smallest absolute Gasteiger partial charge is 0.335 e. The fraction of sp³-hybridized carbons (Fsp3) is 0.231. The third-order valence-corrected chi connectivity index (χ3v) is 2.01. The second kappa shape index (κ2) is 8.53. The number of aldehydes is 1. The third-order valence-electron chi connectivity index (χ3n) is 1.77. The van der Waals surface area contributed by atoms with Gasteiger partial charge in [-0.25, -0.2) is 4.79 Å². The van der Waals surface area contributed by atoms with Crippen LogP contribution < -0.4 is 0 Å². The van der Waals surface area contributed by atoms with Gasteiger partial charge in [-0.15, -0.1) is 0 Å². The summed E-state index contributed by atoms with van der Waals surface area (Å²) in [6, 6.07) is 6.85. The summed E-state index contributed by atoms with van der Waals surface area (Å²) in [7, 11) is 0. The first-order valence-electron chi connectivity index (χ1n) is 5.16. The Morgan fingerprint density at radius 2 is 2.06 bits per heavy atom. The molecule has 4 heteroatoms. The molecular weight excluding hydrogens is 240 g/mol. The van der Waals surface area contributed by atoms with Crippen LogP contribution in [0, 0.1) is 0 Å². The molecule has 0 atom stereocenters. The maximum Gasteiger partial charge on any atom is 0.335 e. The van der Waals surface area contributed by atoms with Gasteiger partial charge in [0.05, 0.1) is 5.57 Å². The Labute approximate surface area is 106 Å². The van der Waals surface area contributed by atoms with Gasteiger partial charge in [0.15, 0.2) is 0 Å². The van der Waals surface area contributed by atoms with E-state index in [-0.39, 0.29) is 0 Å². The van der Waals surface area contributed by atoms with E-state index in [2.05, 4.69) is 0 Å². The van der Waals surface area contributed by atoms with Crippen molar-refractivity contribution in [2.45, 2.75) is 20.3 Å². The Bertz CT molecular complexity index is 411. The lowest BCUT2D eigenvalue weighted by atomic mass is 10.1. The van der Waals surface area contributed by atoms with Crippen LogP contribution in [0.3, 0.4) is 0 Å². The summed E-state index contributed by atoms with van der Waals surface area (Å²) in [6.07, 6.45) is 3.11. The van der Waals surface area contributed by atoms with Crippen molar-refractivity contribution in [1.82, 2.24) is 0 Å². The molecule has 0 saturated carbocycles. The summed E-state index contributed by atoms with van der Waals surface area (Å²) in [5.74, 6) is -0.922. The lowest BCUT2D eigenvalue weighted by Gasteiger charge is -2.02. The van der Waals surface area contributed by atoms with Crippen molar-refractivity contribution in [3.63, 3.8) is 0 Å². The number of carboxylic acid groups (broad SMARTS) is 1. The second-order valence-corrected chi connectivity index (χ2v) is 3.51. The summed E-state index contributed by atoms with van der Waals surface area (Å²) in [4.78, 5) is 19.7. The lowest BCUT2D eigenvalue weighted by Crippen LogP contribution is -1.99. The van der Waals surface area contributed by atoms with E-state index < -0.39 is 5.97 Å². The van der Waals surface area contributed by atoms with E-state index >= 15 is 0 Å². The minimum atomic E-state index is -0.922. The molecule has 0 radical (unpaired) electrons. The first kappa shape index (κ1) is 15.4. The zero-order valence-corrected chi connectivity index (χ0v) is 10.6. The van der Waals surface area contributed by atoms with Crippen molar-refractivity contribution in [3.8, 4) is 0 Å². The average Bonchev–Trinajstić information content (AvgIpc) is 2.26. The molecule has 0 amide bonds. The predicted octanol–water partition coefficient (Wildman–Crippen LogP) is 3.42. The Hall–Kier alpha value is -1.61. The quantitative estimate of drug-likeness (QED) is 0.664. The fourth-order valence-electron chi connectivity index (χ4n) is 1.19. The number of hydrogen-bond acceptors (Lipinski definition) is 2. The third kappa shape index (κ3) is 5.88. The maximum atomic E-state index is 10.9. The molecule has 0 unspecified atom stereocenters. The molecule has 0 fully saturated rings. The number of halogens is 1. The Balaban J connectivity index is 0.000000770. The predicted molar refractivity (Wildman–Crippen MR) is 69.1 cm³/mol. The van der Waals surface area contributed by atoms with E-state index in [4.69, 9.17) is 21.5 Å². The van der Waals surface area contributed by atoms with Gasteiger partial charge in [-0.05, 0) is 31.0 Å². The highest BCUT2D eigenvalue weighted by Crippen LogP contribution is 2.19. The van der Waals surface area contributed by atoms with Crippen LogP contribution in [-0.2, 0) is 9.59 Å². The number of rotatable bonds is 3. The second-order valence-electron chi connectivity index (χ2n) is 3.08. The maximum absolute atomic E-state index is 10.9.